The van der Waals surface area contributed by atoms with Gasteiger partial charge >= 0.3 is 6.16 Å². The molecule has 0 rings (SSSR count). The molecule has 0 aromatic carbocycles. The van der Waals surface area contributed by atoms with Crippen LogP contribution in [0.15, 0.2) is 0 Å². The molecule has 5 nitrogen and oxygen atoms in total. The summed E-state index contributed by atoms with van der Waals surface area (Å²) in [5, 5.41) is 4.38. The smallest absolute Gasteiger partial charge is 0.429 e. The van der Waals surface area contributed by atoms with Crippen LogP contribution >= 0.6 is 0 Å². The van der Waals surface area contributed by atoms with Crippen molar-refractivity contribution in [1.29, 1.82) is 0 Å². The van der Waals surface area contributed by atoms with E-state index in [4.69, 9.17) is 9.62 Å². The number of hydrogen-bond acceptors (Lipinski definition) is 5. The molecule has 0 bridgehead atoms. The predicted molar refractivity (Wildman–Crippen MR) is 58.5 cm³/mol. The van der Waals surface area contributed by atoms with E-state index >= 15 is 0 Å². The van der Waals surface area contributed by atoms with Crippen LogP contribution in [0.25, 0.3) is 0 Å². The lowest BCUT2D eigenvalue weighted by Crippen LogP contribution is -2.25. The third-order valence-corrected chi connectivity index (χ3v) is 2.09. The van der Waals surface area contributed by atoms with Gasteiger partial charge in [0, 0.05) is 0 Å². The maximum Gasteiger partial charge on any atom is 0.542 e. The van der Waals surface area contributed by atoms with Gasteiger partial charge in [0.2, 0.25) is 0 Å². The lowest BCUT2D eigenvalue weighted by Gasteiger charge is -2.20. The Balaban J connectivity index is 3.69. The molecule has 0 aliphatic heterocycles. The normalized spacial score (nSPS) is 13.3. The van der Waals surface area contributed by atoms with E-state index in [1.807, 2.05) is 27.7 Å². The summed E-state index contributed by atoms with van der Waals surface area (Å²) in [7, 11) is 0. The topological polar surface area (TPSA) is 54.0 Å². The lowest BCUT2D eigenvalue weighted by molar-refractivity contribution is -0.517. The maximum absolute atomic E-state index is 11.0. The Hall–Kier alpha value is -0.810. The maximum atomic E-state index is 11.0. The zero-order chi connectivity index (χ0) is 12.6. The molecule has 5 heteroatoms. The van der Waals surface area contributed by atoms with Crippen molar-refractivity contribution in [1.82, 2.24) is 0 Å². The molecule has 0 saturated carbocycles. The molecule has 96 valence electrons. The van der Waals surface area contributed by atoms with Gasteiger partial charge in [0.1, 0.15) is 11.7 Å². The van der Waals surface area contributed by atoms with Gasteiger partial charge in [-0.2, -0.15) is 4.89 Å². The van der Waals surface area contributed by atoms with Crippen LogP contribution in [-0.2, 0) is 19.6 Å². The molecule has 0 radical (unpaired) electrons. The summed E-state index contributed by atoms with van der Waals surface area (Å²) < 4.78 is 4.81. The summed E-state index contributed by atoms with van der Waals surface area (Å²) >= 11 is 0. The average molecular weight is 234 g/mol. The minimum Gasteiger partial charge on any atom is -0.429 e. The number of hydrogen-bond donors (Lipinski definition) is 0. The predicted octanol–water partition coefficient (Wildman–Crippen LogP) is 3.38. The Morgan fingerprint density at radius 3 is 2.44 bits per heavy atom. The first-order chi connectivity index (χ1) is 7.41. The van der Waals surface area contributed by atoms with Crippen molar-refractivity contribution in [3.05, 3.63) is 0 Å². The Morgan fingerprint density at radius 2 is 1.94 bits per heavy atom. The molecular weight excluding hydrogens is 212 g/mol. The molecule has 0 N–H and O–H groups in total. The highest BCUT2D eigenvalue weighted by molar-refractivity contribution is 5.59. The molecule has 0 aromatic heterocycles. The number of carbonyl (C=O) groups is 1. The second kappa shape index (κ2) is 7.46. The van der Waals surface area contributed by atoms with E-state index in [2.05, 4.69) is 9.93 Å². The van der Waals surface area contributed by atoms with Crippen molar-refractivity contribution < 1.29 is 24.3 Å². The second-order valence-electron chi connectivity index (χ2n) is 4.33. The SMILES string of the molecule is CCCC(C)(C)OOOC(=O)OC(C)CC. The van der Waals surface area contributed by atoms with Gasteiger partial charge in [-0.3, -0.25) is 0 Å². The molecular formula is C11H22O5. The van der Waals surface area contributed by atoms with Crippen molar-refractivity contribution >= 4 is 6.16 Å². The van der Waals surface area contributed by atoms with E-state index in [9.17, 15) is 4.79 Å². The number of rotatable bonds is 7. The highest BCUT2D eigenvalue weighted by Crippen LogP contribution is 2.16. The fraction of sp³-hybridized carbons (Fsp3) is 0.909. The average Bonchev–Trinajstić information content (AvgIpc) is 2.16. The fourth-order valence-electron chi connectivity index (χ4n) is 1.05. The fourth-order valence-corrected chi connectivity index (χ4v) is 1.05. The van der Waals surface area contributed by atoms with Crippen LogP contribution in [0.2, 0.25) is 0 Å². The second-order valence-corrected chi connectivity index (χ2v) is 4.33. The minimum absolute atomic E-state index is 0.195. The summed E-state index contributed by atoms with van der Waals surface area (Å²) in [4.78, 5) is 20.3. The first-order valence-corrected chi connectivity index (χ1v) is 5.64. The van der Waals surface area contributed by atoms with Crippen LogP contribution in [0.1, 0.15) is 53.9 Å². The highest BCUT2D eigenvalue weighted by atomic mass is 17.5. The van der Waals surface area contributed by atoms with Gasteiger partial charge < -0.3 is 4.74 Å². The Labute approximate surface area is 96.9 Å². The summed E-state index contributed by atoms with van der Waals surface area (Å²) in [6.45, 7) is 9.39. The van der Waals surface area contributed by atoms with Gasteiger partial charge in [-0.05, 0) is 38.7 Å². The summed E-state index contributed by atoms with van der Waals surface area (Å²) in [5.41, 5.74) is -0.481. The van der Waals surface area contributed by atoms with Gasteiger partial charge in [-0.25, -0.2) is 9.68 Å². The van der Waals surface area contributed by atoms with E-state index < -0.39 is 11.8 Å². The Kier molecular flexibility index (Phi) is 7.08. The zero-order valence-corrected chi connectivity index (χ0v) is 10.7. The van der Waals surface area contributed by atoms with Crippen molar-refractivity contribution in [3.8, 4) is 0 Å². The van der Waals surface area contributed by atoms with E-state index in [1.165, 1.54) is 0 Å². The third-order valence-electron chi connectivity index (χ3n) is 2.09. The Morgan fingerprint density at radius 1 is 1.31 bits per heavy atom. The van der Waals surface area contributed by atoms with Crippen LogP contribution in [0, 0.1) is 0 Å². The van der Waals surface area contributed by atoms with Gasteiger partial charge in [-0.1, -0.05) is 20.3 Å². The molecule has 1 unspecified atom stereocenters. The van der Waals surface area contributed by atoms with Crippen LogP contribution < -0.4 is 0 Å². The summed E-state index contributed by atoms with van der Waals surface area (Å²) in [6.07, 6.45) is 1.39. The van der Waals surface area contributed by atoms with E-state index in [0.717, 1.165) is 19.3 Å². The quantitative estimate of drug-likeness (QED) is 0.384. The standard InChI is InChI=1S/C11H22O5/c1-6-8-11(4,5)15-16-14-10(12)13-9(3)7-2/h9H,6-8H2,1-5H3. The van der Waals surface area contributed by atoms with Crippen LogP contribution in [-0.4, -0.2) is 17.9 Å². The third kappa shape index (κ3) is 7.48. The van der Waals surface area contributed by atoms with Crippen LogP contribution in [0.4, 0.5) is 4.79 Å². The number of ether oxygens (including phenoxy) is 1. The molecule has 0 fully saturated rings. The van der Waals surface area contributed by atoms with Crippen LogP contribution in [0.5, 0.6) is 0 Å². The van der Waals surface area contributed by atoms with E-state index in [1.54, 1.807) is 6.92 Å². The molecule has 0 saturated heterocycles. The van der Waals surface area contributed by atoms with Crippen molar-refractivity contribution in [2.45, 2.75) is 65.6 Å². The first-order valence-electron chi connectivity index (χ1n) is 5.64. The molecule has 0 spiro atoms. The van der Waals surface area contributed by atoms with Gasteiger partial charge in [-0.15, -0.1) is 0 Å². The van der Waals surface area contributed by atoms with Crippen molar-refractivity contribution in [2.75, 3.05) is 0 Å². The molecule has 0 aromatic rings. The molecule has 0 aliphatic carbocycles. The van der Waals surface area contributed by atoms with Crippen molar-refractivity contribution in [3.63, 3.8) is 0 Å². The van der Waals surface area contributed by atoms with Crippen LogP contribution in [0.3, 0.4) is 0 Å². The van der Waals surface area contributed by atoms with E-state index in [0.29, 0.717) is 0 Å². The lowest BCUT2D eigenvalue weighted by atomic mass is 10.0. The van der Waals surface area contributed by atoms with Gasteiger partial charge in [0.25, 0.3) is 0 Å². The summed E-state index contributed by atoms with van der Waals surface area (Å²) in [5.74, 6) is 0. The molecule has 0 aliphatic rings. The first kappa shape index (κ1) is 15.2. The summed E-state index contributed by atoms with van der Waals surface area (Å²) in [6, 6.07) is 0. The monoisotopic (exact) mass is 234 g/mol. The van der Waals surface area contributed by atoms with Gasteiger partial charge in [0.15, 0.2) is 0 Å². The molecule has 0 amide bonds. The van der Waals surface area contributed by atoms with Gasteiger partial charge in [0.05, 0.1) is 0 Å². The molecule has 0 heterocycles. The molecule has 1 atom stereocenters. The zero-order valence-electron chi connectivity index (χ0n) is 10.7. The van der Waals surface area contributed by atoms with E-state index in [-0.39, 0.29) is 6.10 Å². The highest BCUT2D eigenvalue weighted by Gasteiger charge is 2.20. The number of carbonyl (C=O) groups excluding carboxylic acids is 1. The molecule has 16 heavy (non-hydrogen) atoms. The largest absolute Gasteiger partial charge is 0.542 e. The van der Waals surface area contributed by atoms with Crippen molar-refractivity contribution in [2.24, 2.45) is 0 Å². The Bertz CT molecular complexity index is 203. The minimum atomic E-state index is -0.887.